The first-order valence-corrected chi connectivity index (χ1v) is 8.33. The van der Waals surface area contributed by atoms with E-state index in [9.17, 15) is 5.21 Å². The molecule has 0 aliphatic rings. The van der Waals surface area contributed by atoms with E-state index in [4.69, 9.17) is 4.42 Å². The Labute approximate surface area is 146 Å². The zero-order valence-electron chi connectivity index (χ0n) is 10.5. The number of halogens is 3. The molecule has 2 aromatic carbocycles. The van der Waals surface area contributed by atoms with Crippen LogP contribution in [-0.4, -0.2) is 10.9 Å². The Bertz CT molecular complexity index is 838. The van der Waals surface area contributed by atoms with Gasteiger partial charge < -0.3 is 9.62 Å². The highest BCUT2D eigenvalue weighted by molar-refractivity contribution is 9.11. The van der Waals surface area contributed by atoms with Crippen molar-refractivity contribution in [2.75, 3.05) is 0 Å². The van der Waals surface area contributed by atoms with Crippen molar-refractivity contribution < 1.29 is 9.62 Å². The molecule has 0 spiro atoms. The van der Waals surface area contributed by atoms with Crippen molar-refractivity contribution in [1.29, 1.82) is 0 Å². The van der Waals surface area contributed by atoms with Crippen molar-refractivity contribution in [2.45, 2.75) is 0 Å². The molecule has 0 aliphatic carbocycles. The first-order valence-electron chi connectivity index (χ1n) is 5.95. The van der Waals surface area contributed by atoms with E-state index in [0.29, 0.717) is 17.1 Å². The van der Waals surface area contributed by atoms with Crippen LogP contribution >= 0.6 is 47.8 Å². The molecule has 0 aliphatic heterocycles. The third-order valence-electron chi connectivity index (χ3n) is 2.99. The highest BCUT2D eigenvalue weighted by atomic mass is 79.9. The van der Waals surface area contributed by atoms with Crippen LogP contribution in [0.5, 0.6) is 0 Å². The summed E-state index contributed by atoms with van der Waals surface area (Å²) in [4.78, 5) is 0. The van der Waals surface area contributed by atoms with E-state index in [0.717, 1.165) is 24.4 Å². The Balaban J connectivity index is 2.14. The quantitative estimate of drug-likeness (QED) is 0.284. The van der Waals surface area contributed by atoms with E-state index < -0.39 is 0 Å². The van der Waals surface area contributed by atoms with Gasteiger partial charge in [-0.3, -0.25) is 0 Å². The third-order valence-corrected chi connectivity index (χ3v) is 4.56. The maximum absolute atomic E-state index is 9.35. The number of fused-ring (bicyclic) bond motifs is 1. The van der Waals surface area contributed by atoms with Crippen molar-refractivity contribution in [1.82, 2.24) is 0 Å². The van der Waals surface area contributed by atoms with E-state index in [1.165, 1.54) is 0 Å². The topological polar surface area (TPSA) is 45.7 Å². The van der Waals surface area contributed by atoms with Crippen LogP contribution in [0.3, 0.4) is 0 Å². The minimum absolute atomic E-state index is 0.390. The van der Waals surface area contributed by atoms with Crippen molar-refractivity contribution in [3.05, 3.63) is 67.2 Å². The molecule has 0 atom stereocenters. The van der Waals surface area contributed by atoms with Gasteiger partial charge in [0.2, 0.25) is 0 Å². The van der Waals surface area contributed by atoms with E-state index >= 15 is 0 Å². The van der Waals surface area contributed by atoms with E-state index in [1.54, 1.807) is 0 Å². The Morgan fingerprint density at radius 2 is 1.67 bits per heavy atom. The summed E-state index contributed by atoms with van der Waals surface area (Å²) in [5.41, 5.74) is 1.88. The summed E-state index contributed by atoms with van der Waals surface area (Å²) in [6.45, 7) is 0. The number of furan rings is 1. The van der Waals surface area contributed by atoms with Crippen LogP contribution in [0, 0.1) is 0 Å². The molecule has 1 N–H and O–H groups in total. The lowest BCUT2D eigenvalue weighted by atomic mass is 10.1. The molecule has 1 heterocycles. The second kappa shape index (κ2) is 5.94. The first-order chi connectivity index (χ1) is 10.1. The SMILES string of the molecule is ON=C(c1ccc(Br)cc1)c1cc2cc(Br)cc(Br)c2o1. The molecular formula is C15H8Br3NO2. The normalized spacial score (nSPS) is 12.0. The molecule has 0 saturated heterocycles. The maximum Gasteiger partial charge on any atom is 0.157 e. The lowest BCUT2D eigenvalue weighted by Gasteiger charge is -2.01. The smallest absolute Gasteiger partial charge is 0.157 e. The van der Waals surface area contributed by atoms with Crippen molar-refractivity contribution in [3.8, 4) is 0 Å². The number of hydrogen-bond donors (Lipinski definition) is 1. The van der Waals surface area contributed by atoms with Gasteiger partial charge in [0.15, 0.2) is 11.5 Å². The summed E-state index contributed by atoms with van der Waals surface area (Å²) in [6.07, 6.45) is 0. The van der Waals surface area contributed by atoms with Crippen molar-refractivity contribution >= 4 is 64.5 Å². The Hall–Kier alpha value is -1.11. The summed E-state index contributed by atoms with van der Waals surface area (Å²) in [7, 11) is 0. The molecule has 3 rings (SSSR count). The fourth-order valence-electron chi connectivity index (χ4n) is 2.05. The van der Waals surface area contributed by atoms with Crippen LogP contribution in [0.15, 0.2) is 65.5 Å². The lowest BCUT2D eigenvalue weighted by molar-refractivity contribution is 0.318. The molecule has 0 radical (unpaired) electrons. The van der Waals surface area contributed by atoms with Gasteiger partial charge in [-0.25, -0.2) is 0 Å². The molecule has 21 heavy (non-hydrogen) atoms. The molecular weight excluding hydrogens is 466 g/mol. The molecule has 1 aromatic heterocycles. The van der Waals surface area contributed by atoms with E-state index in [1.807, 2.05) is 42.5 Å². The van der Waals surface area contributed by atoms with Crippen LogP contribution in [0.2, 0.25) is 0 Å². The Morgan fingerprint density at radius 3 is 2.33 bits per heavy atom. The molecule has 0 bridgehead atoms. The zero-order chi connectivity index (χ0) is 15.0. The summed E-state index contributed by atoms with van der Waals surface area (Å²) >= 11 is 10.3. The molecule has 0 fully saturated rings. The summed E-state index contributed by atoms with van der Waals surface area (Å²) < 4.78 is 8.56. The number of oxime groups is 1. The molecule has 0 unspecified atom stereocenters. The average Bonchev–Trinajstić information content (AvgIpc) is 2.85. The number of nitrogens with zero attached hydrogens (tertiary/aromatic N) is 1. The first kappa shape index (κ1) is 14.8. The van der Waals surface area contributed by atoms with Gasteiger partial charge in [0.05, 0.1) is 4.47 Å². The minimum atomic E-state index is 0.390. The largest absolute Gasteiger partial charge is 0.453 e. The molecule has 0 amide bonds. The van der Waals surface area contributed by atoms with Gasteiger partial charge in [-0.05, 0) is 46.3 Å². The summed E-state index contributed by atoms with van der Waals surface area (Å²) in [5.74, 6) is 0.508. The van der Waals surface area contributed by atoms with Crippen LogP contribution < -0.4 is 0 Å². The average molecular weight is 474 g/mol. The highest BCUT2D eigenvalue weighted by Gasteiger charge is 2.15. The van der Waals surface area contributed by atoms with Crippen LogP contribution in [0.25, 0.3) is 11.0 Å². The predicted molar refractivity (Wildman–Crippen MR) is 93.2 cm³/mol. The van der Waals surface area contributed by atoms with Gasteiger partial charge in [0.25, 0.3) is 0 Å². The fourth-order valence-corrected chi connectivity index (χ4v) is 3.65. The standard InChI is InChI=1S/C15H8Br3NO2/c16-10-3-1-8(2-4-10)14(19-20)13-6-9-5-11(17)7-12(18)15(9)21-13/h1-7,20H. The molecule has 0 saturated carbocycles. The van der Waals surface area contributed by atoms with Gasteiger partial charge >= 0.3 is 0 Å². The van der Waals surface area contributed by atoms with Crippen molar-refractivity contribution in [2.24, 2.45) is 5.16 Å². The second-order valence-electron chi connectivity index (χ2n) is 4.37. The predicted octanol–water partition coefficient (Wildman–Crippen LogP) is 5.95. The van der Waals surface area contributed by atoms with E-state index in [-0.39, 0.29) is 0 Å². The van der Waals surface area contributed by atoms with Crippen LogP contribution in [-0.2, 0) is 0 Å². The number of hydrogen-bond acceptors (Lipinski definition) is 3. The van der Waals surface area contributed by atoms with Crippen LogP contribution in [0.4, 0.5) is 0 Å². The highest BCUT2D eigenvalue weighted by Crippen LogP contribution is 2.32. The van der Waals surface area contributed by atoms with Crippen molar-refractivity contribution in [3.63, 3.8) is 0 Å². The van der Waals surface area contributed by atoms with Gasteiger partial charge in [0, 0.05) is 19.9 Å². The maximum atomic E-state index is 9.35. The third kappa shape index (κ3) is 2.93. The number of benzene rings is 2. The van der Waals surface area contributed by atoms with Gasteiger partial charge in [-0.1, -0.05) is 49.1 Å². The summed E-state index contributed by atoms with van der Waals surface area (Å²) in [6, 6.07) is 13.2. The van der Waals surface area contributed by atoms with Gasteiger partial charge in [-0.2, -0.15) is 0 Å². The Kier molecular flexibility index (Phi) is 4.19. The monoisotopic (exact) mass is 471 g/mol. The molecule has 3 aromatic rings. The van der Waals surface area contributed by atoms with Gasteiger partial charge in [0.1, 0.15) is 5.58 Å². The lowest BCUT2D eigenvalue weighted by Crippen LogP contribution is -2.01. The molecule has 6 heteroatoms. The number of rotatable bonds is 2. The second-order valence-corrected chi connectivity index (χ2v) is 7.06. The molecule has 3 nitrogen and oxygen atoms in total. The molecule has 106 valence electrons. The fraction of sp³-hybridized carbons (Fsp3) is 0. The van der Waals surface area contributed by atoms with Gasteiger partial charge in [-0.15, -0.1) is 0 Å². The van der Waals surface area contributed by atoms with E-state index in [2.05, 4.69) is 52.9 Å². The zero-order valence-corrected chi connectivity index (χ0v) is 15.2. The van der Waals surface area contributed by atoms with Crippen LogP contribution in [0.1, 0.15) is 11.3 Å². The Morgan fingerprint density at radius 1 is 0.952 bits per heavy atom. The summed E-state index contributed by atoms with van der Waals surface area (Å²) in [5, 5.41) is 13.7. The minimum Gasteiger partial charge on any atom is -0.453 e.